The minimum Gasteiger partial charge on any atom is -0.493 e. The first-order valence-corrected chi connectivity index (χ1v) is 15.7. The van der Waals surface area contributed by atoms with E-state index in [1.807, 2.05) is 18.2 Å². The Morgan fingerprint density at radius 1 is 1.15 bits per heavy atom. The largest absolute Gasteiger partial charge is 0.493 e. The third-order valence-electron chi connectivity index (χ3n) is 8.00. The van der Waals surface area contributed by atoms with Gasteiger partial charge >= 0.3 is 0 Å². The van der Waals surface area contributed by atoms with E-state index >= 15 is 4.39 Å². The van der Waals surface area contributed by atoms with Crippen LogP contribution in [0, 0.1) is 5.82 Å². The Morgan fingerprint density at radius 3 is 2.72 bits per heavy atom. The highest BCUT2D eigenvalue weighted by Gasteiger charge is 2.21. The molecule has 250 valence electrons. The number of benzene rings is 2. The number of hydrogen-bond donors (Lipinski definition) is 1. The van der Waals surface area contributed by atoms with Gasteiger partial charge in [-0.3, -0.25) is 24.4 Å². The molecule has 0 aromatic heterocycles. The van der Waals surface area contributed by atoms with Crippen LogP contribution in [0.5, 0.6) is 17.2 Å². The first-order valence-electron chi connectivity index (χ1n) is 15.7. The lowest BCUT2D eigenvalue weighted by Crippen LogP contribution is -2.38. The second kappa shape index (κ2) is 17.0. The van der Waals surface area contributed by atoms with Crippen LogP contribution in [0.15, 0.2) is 65.2 Å². The lowest BCUT2D eigenvalue weighted by atomic mass is 10.1. The molecule has 1 atom stereocenters. The molecule has 3 aliphatic rings. The molecule has 2 aromatic rings. The van der Waals surface area contributed by atoms with Crippen LogP contribution in [-0.2, 0) is 19.1 Å². The van der Waals surface area contributed by atoms with Gasteiger partial charge in [-0.15, -0.1) is 0 Å². The molecule has 1 N–H and O–H groups in total. The van der Waals surface area contributed by atoms with Crippen molar-refractivity contribution in [3.8, 4) is 17.2 Å². The Labute approximate surface area is 274 Å². The van der Waals surface area contributed by atoms with Crippen molar-refractivity contribution in [1.82, 2.24) is 10.2 Å². The molecule has 12 heteroatoms. The molecule has 0 spiro atoms. The van der Waals surface area contributed by atoms with Crippen LogP contribution in [-0.4, -0.2) is 96.3 Å². The molecule has 0 bridgehead atoms. The van der Waals surface area contributed by atoms with Crippen molar-refractivity contribution in [1.29, 1.82) is 0 Å². The van der Waals surface area contributed by atoms with Gasteiger partial charge in [0.05, 0.1) is 51.0 Å². The number of carbonyl (C=O) groups is 2. The van der Waals surface area contributed by atoms with E-state index in [9.17, 15) is 9.59 Å². The fourth-order valence-corrected chi connectivity index (χ4v) is 5.39. The normalized spacial score (nSPS) is 17.6. The second-order valence-corrected chi connectivity index (χ2v) is 11.1. The van der Waals surface area contributed by atoms with Crippen molar-refractivity contribution >= 4 is 35.7 Å². The summed E-state index contributed by atoms with van der Waals surface area (Å²) in [4.78, 5) is 32.4. The van der Waals surface area contributed by atoms with Crippen molar-refractivity contribution in [3.05, 3.63) is 71.6 Å². The van der Waals surface area contributed by atoms with E-state index in [0.717, 1.165) is 62.2 Å². The standard InChI is InChI=1S/C35H41FN4O7/c1-43-27-9-6-25(7-10-27)22-37-23-35(42)40(24-41)26-8-11-32(29(36)19-26)47-31-5-3-12-38-30-21-34(33(44-2)20-28(30)31)46-16-4-13-39-14-17-45-18-15-39/h5-9,11-12,19-21,24,27,37H,3-4,10,13-18,22-23H2,1-2H3. The van der Waals surface area contributed by atoms with E-state index in [4.69, 9.17) is 23.7 Å². The molecular formula is C35H41FN4O7. The maximum Gasteiger partial charge on any atom is 0.247 e. The number of ether oxygens (including phenoxy) is 5. The predicted octanol–water partition coefficient (Wildman–Crippen LogP) is 4.44. The van der Waals surface area contributed by atoms with Gasteiger partial charge < -0.3 is 29.0 Å². The van der Waals surface area contributed by atoms with Crippen molar-refractivity contribution in [2.45, 2.75) is 25.4 Å². The summed E-state index contributed by atoms with van der Waals surface area (Å²) >= 11 is 0. The number of rotatable bonds is 15. The summed E-state index contributed by atoms with van der Waals surface area (Å²) in [7, 11) is 3.21. The number of methoxy groups -OCH3 is 2. The second-order valence-electron chi connectivity index (χ2n) is 11.1. The summed E-state index contributed by atoms with van der Waals surface area (Å²) in [5, 5.41) is 3.04. The lowest BCUT2D eigenvalue weighted by molar-refractivity contribution is -0.121. The van der Waals surface area contributed by atoms with Crippen molar-refractivity contribution in [3.63, 3.8) is 0 Å². The van der Waals surface area contributed by atoms with Gasteiger partial charge in [0.2, 0.25) is 12.3 Å². The molecule has 47 heavy (non-hydrogen) atoms. The molecule has 0 radical (unpaired) electrons. The maximum atomic E-state index is 15.4. The number of amides is 2. The fourth-order valence-electron chi connectivity index (χ4n) is 5.39. The van der Waals surface area contributed by atoms with Gasteiger partial charge in [-0.25, -0.2) is 4.39 Å². The zero-order valence-corrected chi connectivity index (χ0v) is 26.8. The van der Waals surface area contributed by atoms with Gasteiger partial charge in [-0.05, 0) is 42.7 Å². The summed E-state index contributed by atoms with van der Waals surface area (Å²) in [5.41, 5.74) is 2.30. The van der Waals surface area contributed by atoms with Gasteiger partial charge in [0.1, 0.15) is 5.76 Å². The average Bonchev–Trinajstić information content (AvgIpc) is 3.29. The average molecular weight is 649 g/mol. The quantitative estimate of drug-likeness (QED) is 0.221. The summed E-state index contributed by atoms with van der Waals surface area (Å²) in [6.07, 6.45) is 11.9. The number of fused-ring (bicyclic) bond motifs is 1. The minimum absolute atomic E-state index is 0.0472. The van der Waals surface area contributed by atoms with E-state index in [-0.39, 0.29) is 24.1 Å². The van der Waals surface area contributed by atoms with Crippen LogP contribution >= 0.6 is 0 Å². The molecule has 0 saturated carbocycles. The zero-order valence-electron chi connectivity index (χ0n) is 26.8. The number of aliphatic imine (C=N–C) groups is 1. The lowest BCUT2D eigenvalue weighted by Gasteiger charge is -2.26. The van der Waals surface area contributed by atoms with Crippen LogP contribution in [0.25, 0.3) is 5.76 Å². The molecule has 2 aromatic carbocycles. The van der Waals surface area contributed by atoms with Crippen LogP contribution < -0.4 is 24.4 Å². The molecule has 1 unspecified atom stereocenters. The minimum atomic E-state index is -0.736. The number of nitrogens with one attached hydrogen (secondary N) is 1. The number of anilines is 1. The van der Waals surface area contributed by atoms with E-state index in [0.29, 0.717) is 54.5 Å². The number of imide groups is 1. The maximum absolute atomic E-state index is 15.4. The Bertz CT molecular complexity index is 1530. The van der Waals surface area contributed by atoms with Gasteiger partial charge in [0, 0.05) is 63.6 Å². The molecule has 11 nitrogen and oxygen atoms in total. The first-order chi connectivity index (χ1) is 23.0. The van der Waals surface area contributed by atoms with Crippen LogP contribution in [0.1, 0.15) is 24.8 Å². The number of halogens is 1. The first kappa shape index (κ1) is 34.0. The van der Waals surface area contributed by atoms with Gasteiger partial charge in [0.15, 0.2) is 23.1 Å². The highest BCUT2D eigenvalue weighted by molar-refractivity contribution is 6.07. The Balaban J connectivity index is 1.21. The highest BCUT2D eigenvalue weighted by atomic mass is 19.1. The fraction of sp³-hybridized carbons (Fsp3) is 0.400. The third-order valence-corrected chi connectivity index (χ3v) is 8.00. The van der Waals surface area contributed by atoms with Gasteiger partial charge in [-0.2, -0.15) is 0 Å². The number of nitrogens with zero attached hydrogens (tertiary/aromatic N) is 3. The molecule has 5 rings (SSSR count). The third kappa shape index (κ3) is 9.13. The van der Waals surface area contributed by atoms with Crippen molar-refractivity contribution < 1.29 is 37.7 Å². The summed E-state index contributed by atoms with van der Waals surface area (Å²) in [5.74, 6) is 0.115. The van der Waals surface area contributed by atoms with E-state index in [1.54, 1.807) is 38.6 Å². The molecule has 1 fully saturated rings. The van der Waals surface area contributed by atoms with E-state index < -0.39 is 11.7 Å². The topological polar surface area (TPSA) is 111 Å². The van der Waals surface area contributed by atoms with E-state index in [2.05, 4.69) is 15.2 Å². The summed E-state index contributed by atoms with van der Waals surface area (Å²) in [6, 6.07) is 7.51. The van der Waals surface area contributed by atoms with Crippen molar-refractivity contribution in [2.75, 3.05) is 71.7 Å². The number of allylic oxidation sites excluding steroid dienone is 1. The van der Waals surface area contributed by atoms with Gasteiger partial charge in [-0.1, -0.05) is 18.2 Å². The Hall–Kier alpha value is -4.36. The highest BCUT2D eigenvalue weighted by Crippen LogP contribution is 2.40. The molecule has 2 heterocycles. The molecule has 2 amide bonds. The molecule has 1 aliphatic carbocycles. The van der Waals surface area contributed by atoms with Crippen LogP contribution in [0.3, 0.4) is 0 Å². The van der Waals surface area contributed by atoms with Gasteiger partial charge in [0.25, 0.3) is 0 Å². The Morgan fingerprint density at radius 2 is 2.00 bits per heavy atom. The number of carbonyl (C=O) groups excluding carboxylic acids is 2. The smallest absolute Gasteiger partial charge is 0.247 e. The van der Waals surface area contributed by atoms with Crippen LogP contribution in [0.4, 0.5) is 15.8 Å². The number of hydrogen-bond acceptors (Lipinski definition) is 10. The summed E-state index contributed by atoms with van der Waals surface area (Å²) in [6.45, 7) is 5.12. The summed E-state index contributed by atoms with van der Waals surface area (Å²) < 4.78 is 43.8. The Kier molecular flexibility index (Phi) is 12.3. The number of morpholine rings is 1. The molecular weight excluding hydrogens is 607 g/mol. The van der Waals surface area contributed by atoms with Crippen molar-refractivity contribution in [2.24, 2.45) is 4.99 Å². The molecule has 2 aliphatic heterocycles. The molecule has 1 saturated heterocycles. The SMILES string of the molecule is COc1cc2c(cc1OCCCN1CCOCC1)N=CCC=C2Oc1ccc(N(C=O)C(=O)CNCC2=CCC(OC)C=C2)cc1F. The van der Waals surface area contributed by atoms with Crippen LogP contribution in [0.2, 0.25) is 0 Å². The predicted molar refractivity (Wildman–Crippen MR) is 177 cm³/mol. The van der Waals surface area contributed by atoms with E-state index in [1.165, 1.54) is 12.1 Å². The zero-order chi connectivity index (χ0) is 33.0. The monoisotopic (exact) mass is 648 g/mol.